The van der Waals surface area contributed by atoms with Gasteiger partial charge in [-0.3, -0.25) is 4.74 Å². The second kappa shape index (κ2) is 4.28. The maximum atomic E-state index is 11.8. The lowest BCUT2D eigenvalue weighted by molar-refractivity contribution is -0.278. The van der Waals surface area contributed by atoms with Gasteiger partial charge in [0.2, 0.25) is 0 Å². The van der Waals surface area contributed by atoms with Crippen molar-refractivity contribution in [1.82, 2.24) is 0 Å². The second-order valence-electron chi connectivity index (χ2n) is 8.73. The third-order valence-electron chi connectivity index (χ3n) is 6.70. The largest absolute Gasteiger partial charge is 0.422 e. The van der Waals surface area contributed by atoms with Gasteiger partial charge in [-0.1, -0.05) is 27.2 Å². The van der Waals surface area contributed by atoms with Crippen molar-refractivity contribution in [3.63, 3.8) is 0 Å². The van der Waals surface area contributed by atoms with Crippen LogP contribution in [0.25, 0.3) is 0 Å². The van der Waals surface area contributed by atoms with E-state index in [1.165, 1.54) is 6.42 Å². The predicted molar refractivity (Wildman–Crippen MR) is 85.2 cm³/mol. The van der Waals surface area contributed by atoms with Crippen molar-refractivity contribution in [3.05, 3.63) is 23.3 Å². The van der Waals surface area contributed by atoms with E-state index < -0.39 is 11.6 Å². The van der Waals surface area contributed by atoms with Crippen molar-refractivity contribution in [2.45, 2.75) is 71.4 Å². The first-order chi connectivity index (χ1) is 10.6. The van der Waals surface area contributed by atoms with Gasteiger partial charge in [0.1, 0.15) is 0 Å². The molecule has 1 spiro atoms. The Morgan fingerprint density at radius 2 is 1.91 bits per heavy atom. The molecule has 0 aromatic carbocycles. The molecule has 2 heterocycles. The van der Waals surface area contributed by atoms with E-state index in [0.29, 0.717) is 17.9 Å². The fourth-order valence-electron chi connectivity index (χ4n) is 5.69. The highest BCUT2D eigenvalue weighted by Gasteiger charge is 2.63. The average Bonchev–Trinajstić information content (AvgIpc) is 2.85. The summed E-state index contributed by atoms with van der Waals surface area (Å²) in [5.41, 5.74) is 1.61. The highest BCUT2D eigenvalue weighted by molar-refractivity contribution is 5.91. The molecule has 1 N–H and O–H groups in total. The summed E-state index contributed by atoms with van der Waals surface area (Å²) < 4.78 is 11.4. The van der Waals surface area contributed by atoms with Crippen LogP contribution in [0, 0.1) is 16.7 Å². The number of aliphatic hydroxyl groups is 1. The van der Waals surface area contributed by atoms with Crippen LogP contribution in [0.1, 0.15) is 59.8 Å². The van der Waals surface area contributed by atoms with Crippen LogP contribution in [0.5, 0.6) is 0 Å². The molecule has 126 valence electrons. The number of fused-ring (bicyclic) bond motifs is 3. The van der Waals surface area contributed by atoms with Gasteiger partial charge in [0.15, 0.2) is 5.79 Å². The Morgan fingerprint density at radius 3 is 2.57 bits per heavy atom. The van der Waals surface area contributed by atoms with E-state index in [4.69, 9.17) is 9.47 Å². The summed E-state index contributed by atoms with van der Waals surface area (Å²) in [6.45, 7) is 8.65. The maximum absolute atomic E-state index is 11.8. The molecule has 4 atom stereocenters. The topological polar surface area (TPSA) is 55.8 Å². The first-order valence-electron chi connectivity index (χ1n) is 8.70. The van der Waals surface area contributed by atoms with Crippen molar-refractivity contribution in [1.29, 1.82) is 0 Å². The van der Waals surface area contributed by atoms with Crippen molar-refractivity contribution >= 4 is 5.97 Å². The Hall–Kier alpha value is -1.13. The van der Waals surface area contributed by atoms with Crippen LogP contribution in [-0.2, 0) is 14.3 Å². The minimum Gasteiger partial charge on any atom is -0.422 e. The molecule has 4 heteroatoms. The first kappa shape index (κ1) is 15.4. The molecule has 2 aliphatic carbocycles. The van der Waals surface area contributed by atoms with Crippen molar-refractivity contribution in [2.75, 3.05) is 0 Å². The molecule has 2 saturated carbocycles. The lowest BCUT2D eigenvalue weighted by Gasteiger charge is -2.57. The second-order valence-corrected chi connectivity index (χ2v) is 8.73. The molecule has 4 aliphatic rings. The molecule has 2 fully saturated rings. The van der Waals surface area contributed by atoms with E-state index in [9.17, 15) is 9.90 Å². The molecule has 4 rings (SSSR count). The quantitative estimate of drug-likeness (QED) is 0.549. The summed E-state index contributed by atoms with van der Waals surface area (Å²) in [6.07, 6.45) is 8.50. The van der Waals surface area contributed by atoms with Gasteiger partial charge in [0.05, 0.1) is 0 Å². The molecule has 0 unspecified atom stereocenters. The molecular weight excluding hydrogens is 292 g/mol. The standard InChI is InChI=1S/C19H26O4/c1-12-10-18(22-15(12)20)11-14-17(4)8-5-7-16(2,3)13(17)6-9-19(14,21)23-18/h10-11,13,21H,5-9H2,1-4H3/t13-,17-,18+,19+/m0/s1. The molecule has 0 saturated heterocycles. The highest BCUT2D eigenvalue weighted by Crippen LogP contribution is 2.64. The van der Waals surface area contributed by atoms with E-state index >= 15 is 0 Å². The number of carbonyl (C=O) groups excluding carboxylic acids is 1. The predicted octanol–water partition coefficient (Wildman–Crippen LogP) is 3.46. The Balaban J connectivity index is 1.81. The number of rotatable bonds is 0. The third kappa shape index (κ3) is 1.94. The Bertz CT molecular complexity index is 646. The Labute approximate surface area is 137 Å². The summed E-state index contributed by atoms with van der Waals surface area (Å²) in [5.74, 6) is -2.36. The van der Waals surface area contributed by atoms with Gasteiger partial charge in [-0.15, -0.1) is 0 Å². The third-order valence-corrected chi connectivity index (χ3v) is 6.70. The SMILES string of the molecule is CC1=C[C@@]2(C=C3[C@@](O)(CC[C@H]4C(C)(C)CCC[C@]34C)O2)OC1=O. The van der Waals surface area contributed by atoms with E-state index in [1.54, 1.807) is 13.0 Å². The van der Waals surface area contributed by atoms with E-state index in [1.807, 2.05) is 6.08 Å². The number of carbonyl (C=O) groups is 1. The summed E-state index contributed by atoms with van der Waals surface area (Å²) in [6, 6.07) is 0. The molecule has 2 aliphatic heterocycles. The van der Waals surface area contributed by atoms with Gasteiger partial charge in [0, 0.05) is 18.1 Å². The normalized spacial score (nSPS) is 47.7. The fraction of sp³-hybridized carbons (Fsp3) is 0.737. The van der Waals surface area contributed by atoms with Crippen molar-refractivity contribution in [2.24, 2.45) is 16.7 Å². The van der Waals surface area contributed by atoms with Gasteiger partial charge in [0.25, 0.3) is 5.79 Å². The molecule has 23 heavy (non-hydrogen) atoms. The van der Waals surface area contributed by atoms with E-state index in [0.717, 1.165) is 24.8 Å². The highest BCUT2D eigenvalue weighted by atomic mass is 16.8. The number of hydrogen-bond acceptors (Lipinski definition) is 4. The molecule has 0 aromatic heterocycles. The minimum absolute atomic E-state index is 0.102. The smallest absolute Gasteiger partial charge is 0.336 e. The van der Waals surface area contributed by atoms with Crippen LogP contribution in [0.4, 0.5) is 0 Å². The van der Waals surface area contributed by atoms with Crippen LogP contribution in [0.3, 0.4) is 0 Å². The number of esters is 1. The zero-order chi connectivity index (χ0) is 16.7. The summed E-state index contributed by atoms with van der Waals surface area (Å²) in [4.78, 5) is 11.8. The molecule has 0 amide bonds. The van der Waals surface area contributed by atoms with Gasteiger partial charge in [-0.2, -0.15) is 0 Å². The van der Waals surface area contributed by atoms with Crippen LogP contribution in [0.2, 0.25) is 0 Å². The molecular formula is C19H26O4. The van der Waals surface area contributed by atoms with Gasteiger partial charge in [-0.05, 0) is 54.6 Å². The summed E-state index contributed by atoms with van der Waals surface area (Å²) in [7, 11) is 0. The summed E-state index contributed by atoms with van der Waals surface area (Å²) in [5, 5.41) is 11.2. The number of ether oxygens (including phenoxy) is 2. The molecule has 4 nitrogen and oxygen atoms in total. The van der Waals surface area contributed by atoms with Gasteiger partial charge >= 0.3 is 5.97 Å². The zero-order valence-electron chi connectivity index (χ0n) is 14.4. The Kier molecular flexibility index (Phi) is 2.87. The van der Waals surface area contributed by atoms with Gasteiger partial charge < -0.3 is 9.84 Å². The monoisotopic (exact) mass is 318 g/mol. The molecule has 0 bridgehead atoms. The van der Waals surface area contributed by atoms with Crippen LogP contribution < -0.4 is 0 Å². The summed E-state index contributed by atoms with van der Waals surface area (Å²) >= 11 is 0. The fourth-order valence-corrected chi connectivity index (χ4v) is 5.69. The molecule has 0 aromatic rings. The Morgan fingerprint density at radius 1 is 1.17 bits per heavy atom. The number of hydrogen-bond donors (Lipinski definition) is 1. The average molecular weight is 318 g/mol. The van der Waals surface area contributed by atoms with Crippen LogP contribution in [0.15, 0.2) is 23.3 Å². The van der Waals surface area contributed by atoms with Crippen molar-refractivity contribution < 1.29 is 19.4 Å². The van der Waals surface area contributed by atoms with Crippen LogP contribution in [-0.4, -0.2) is 22.7 Å². The van der Waals surface area contributed by atoms with Crippen LogP contribution >= 0.6 is 0 Å². The zero-order valence-corrected chi connectivity index (χ0v) is 14.4. The lowest BCUT2D eigenvalue weighted by atomic mass is 9.49. The first-order valence-corrected chi connectivity index (χ1v) is 8.70. The minimum atomic E-state index is -1.31. The van der Waals surface area contributed by atoms with Crippen molar-refractivity contribution in [3.8, 4) is 0 Å². The van der Waals surface area contributed by atoms with E-state index in [2.05, 4.69) is 20.8 Å². The van der Waals surface area contributed by atoms with E-state index in [-0.39, 0.29) is 16.8 Å². The molecule has 0 radical (unpaired) electrons. The maximum Gasteiger partial charge on any atom is 0.336 e. The lowest BCUT2D eigenvalue weighted by Crippen LogP contribution is -2.53. The van der Waals surface area contributed by atoms with Gasteiger partial charge in [-0.25, -0.2) is 4.79 Å².